The van der Waals surface area contributed by atoms with E-state index in [1.54, 1.807) is 0 Å². The van der Waals surface area contributed by atoms with Crippen LogP contribution < -0.4 is 0 Å². The van der Waals surface area contributed by atoms with Gasteiger partial charge in [-0.3, -0.25) is 0 Å². The molecule has 2 N–H and O–H groups in total. The summed E-state index contributed by atoms with van der Waals surface area (Å²) < 4.78 is 0. The molecule has 1 unspecified atom stereocenters. The van der Waals surface area contributed by atoms with E-state index in [-0.39, 0.29) is 18.1 Å². The molecule has 0 spiro atoms. The first kappa shape index (κ1) is 7.03. The minimum Gasteiger partial charge on any atom is -0.396 e. The van der Waals surface area contributed by atoms with E-state index < -0.39 is 0 Å². The number of hydrogen-bond acceptors (Lipinski definition) is 2. The van der Waals surface area contributed by atoms with Crippen LogP contribution in [0.4, 0.5) is 0 Å². The first-order valence-electron chi connectivity index (χ1n) is 3.48. The molecule has 9 heavy (non-hydrogen) atoms. The van der Waals surface area contributed by atoms with Crippen molar-refractivity contribution >= 4 is 0 Å². The summed E-state index contributed by atoms with van der Waals surface area (Å²) in [7, 11) is 0. The van der Waals surface area contributed by atoms with Crippen molar-refractivity contribution in [2.75, 3.05) is 6.61 Å². The van der Waals surface area contributed by atoms with E-state index in [0.29, 0.717) is 6.42 Å². The van der Waals surface area contributed by atoms with Gasteiger partial charge in [0.15, 0.2) is 0 Å². The summed E-state index contributed by atoms with van der Waals surface area (Å²) in [6, 6.07) is 0. The summed E-state index contributed by atoms with van der Waals surface area (Å²) >= 11 is 0. The van der Waals surface area contributed by atoms with Crippen molar-refractivity contribution in [2.45, 2.75) is 32.3 Å². The molecule has 0 aromatic heterocycles. The monoisotopic (exact) mass is 130 g/mol. The minimum absolute atomic E-state index is 0.108. The predicted octanol–water partition coefficient (Wildman–Crippen LogP) is 0.530. The van der Waals surface area contributed by atoms with Crippen LogP contribution in [-0.4, -0.2) is 22.9 Å². The largest absolute Gasteiger partial charge is 0.396 e. The molecule has 0 saturated heterocycles. The van der Waals surface area contributed by atoms with Gasteiger partial charge in [0, 0.05) is 6.61 Å². The molecular weight excluding hydrogens is 116 g/mol. The van der Waals surface area contributed by atoms with Crippen molar-refractivity contribution in [1.29, 1.82) is 0 Å². The number of hydrogen-bond donors (Lipinski definition) is 2. The summed E-state index contributed by atoms with van der Waals surface area (Å²) in [6.45, 7) is 2.17. The van der Waals surface area contributed by atoms with Crippen LogP contribution in [0.3, 0.4) is 0 Å². The van der Waals surface area contributed by atoms with Crippen LogP contribution in [0.25, 0.3) is 0 Å². The van der Waals surface area contributed by atoms with Crippen LogP contribution in [0, 0.1) is 5.41 Å². The molecule has 0 bridgehead atoms. The SMILES string of the molecule is CC1(C(O)CCO)CC1. The summed E-state index contributed by atoms with van der Waals surface area (Å²) in [6.07, 6.45) is 2.50. The lowest BCUT2D eigenvalue weighted by atomic mass is 10.00. The molecule has 0 aromatic rings. The summed E-state index contributed by atoms with van der Waals surface area (Å²) in [5.74, 6) is 0. The second kappa shape index (κ2) is 2.27. The topological polar surface area (TPSA) is 40.5 Å². The molecule has 1 rings (SSSR count). The zero-order valence-corrected chi connectivity index (χ0v) is 5.80. The standard InChI is InChI=1S/C7H14O2/c1-7(3-4-7)6(9)2-5-8/h6,8-9H,2-5H2,1H3. The van der Waals surface area contributed by atoms with E-state index in [1.807, 2.05) is 0 Å². The van der Waals surface area contributed by atoms with E-state index in [0.717, 1.165) is 12.8 Å². The molecule has 54 valence electrons. The van der Waals surface area contributed by atoms with Crippen LogP contribution in [0.1, 0.15) is 26.2 Å². The Bertz CT molecular complexity index is 97.1. The van der Waals surface area contributed by atoms with Gasteiger partial charge in [-0.25, -0.2) is 0 Å². The van der Waals surface area contributed by atoms with Gasteiger partial charge in [0.25, 0.3) is 0 Å². The second-order valence-electron chi connectivity index (χ2n) is 3.18. The van der Waals surface area contributed by atoms with Gasteiger partial charge in [-0.1, -0.05) is 6.92 Å². The van der Waals surface area contributed by atoms with Crippen LogP contribution in [0.15, 0.2) is 0 Å². The van der Waals surface area contributed by atoms with Crippen molar-refractivity contribution in [3.05, 3.63) is 0 Å². The van der Waals surface area contributed by atoms with Gasteiger partial charge in [0.05, 0.1) is 6.10 Å². The zero-order valence-electron chi connectivity index (χ0n) is 5.80. The van der Waals surface area contributed by atoms with Crippen molar-refractivity contribution < 1.29 is 10.2 Å². The van der Waals surface area contributed by atoms with Crippen LogP contribution in [0.2, 0.25) is 0 Å². The van der Waals surface area contributed by atoms with Crippen molar-refractivity contribution in [3.8, 4) is 0 Å². The number of aliphatic hydroxyl groups is 2. The second-order valence-corrected chi connectivity index (χ2v) is 3.18. The molecule has 0 aromatic carbocycles. The van der Waals surface area contributed by atoms with Crippen molar-refractivity contribution in [3.63, 3.8) is 0 Å². The van der Waals surface area contributed by atoms with Crippen LogP contribution >= 0.6 is 0 Å². The molecule has 2 heteroatoms. The van der Waals surface area contributed by atoms with E-state index in [4.69, 9.17) is 5.11 Å². The van der Waals surface area contributed by atoms with Crippen molar-refractivity contribution in [1.82, 2.24) is 0 Å². The van der Waals surface area contributed by atoms with Crippen molar-refractivity contribution in [2.24, 2.45) is 5.41 Å². The lowest BCUT2D eigenvalue weighted by Crippen LogP contribution is -2.19. The Morgan fingerprint density at radius 2 is 2.11 bits per heavy atom. The first-order chi connectivity index (χ1) is 4.19. The highest BCUT2D eigenvalue weighted by molar-refractivity contribution is 4.94. The molecule has 1 aliphatic rings. The van der Waals surface area contributed by atoms with Gasteiger partial charge in [-0.15, -0.1) is 0 Å². The summed E-state index contributed by atoms with van der Waals surface area (Å²) in [5, 5.41) is 17.8. The first-order valence-corrected chi connectivity index (χ1v) is 3.48. The molecule has 0 aliphatic heterocycles. The molecule has 0 radical (unpaired) electrons. The maximum Gasteiger partial charge on any atom is 0.0615 e. The Balaban J connectivity index is 2.24. The zero-order chi connectivity index (χ0) is 6.91. The van der Waals surface area contributed by atoms with Crippen LogP contribution in [-0.2, 0) is 0 Å². The third-order valence-corrected chi connectivity index (χ3v) is 2.25. The highest BCUT2D eigenvalue weighted by Crippen LogP contribution is 2.48. The summed E-state index contributed by atoms with van der Waals surface area (Å²) in [4.78, 5) is 0. The molecule has 2 nitrogen and oxygen atoms in total. The molecule has 0 heterocycles. The Kier molecular flexibility index (Phi) is 1.78. The minimum atomic E-state index is -0.275. The number of rotatable bonds is 3. The van der Waals surface area contributed by atoms with Crippen LogP contribution in [0.5, 0.6) is 0 Å². The average Bonchev–Trinajstić information content (AvgIpc) is 2.50. The Morgan fingerprint density at radius 1 is 1.56 bits per heavy atom. The van der Waals surface area contributed by atoms with Gasteiger partial charge in [0.1, 0.15) is 0 Å². The third-order valence-electron chi connectivity index (χ3n) is 2.25. The van der Waals surface area contributed by atoms with Gasteiger partial charge in [0.2, 0.25) is 0 Å². The van der Waals surface area contributed by atoms with Gasteiger partial charge in [-0.05, 0) is 24.7 Å². The fourth-order valence-corrected chi connectivity index (χ4v) is 1.00. The summed E-state index contributed by atoms with van der Waals surface area (Å²) in [5.41, 5.74) is 0.155. The quantitative estimate of drug-likeness (QED) is 0.585. The lowest BCUT2D eigenvalue weighted by Gasteiger charge is -2.15. The highest BCUT2D eigenvalue weighted by atomic mass is 16.3. The fourth-order valence-electron chi connectivity index (χ4n) is 1.00. The fraction of sp³-hybridized carbons (Fsp3) is 1.00. The number of aliphatic hydroxyl groups excluding tert-OH is 2. The Morgan fingerprint density at radius 3 is 2.44 bits per heavy atom. The molecule has 1 saturated carbocycles. The third kappa shape index (κ3) is 1.43. The van der Waals surface area contributed by atoms with E-state index in [1.165, 1.54) is 0 Å². The molecular formula is C7H14O2. The highest BCUT2D eigenvalue weighted by Gasteiger charge is 2.43. The van der Waals surface area contributed by atoms with E-state index in [9.17, 15) is 5.11 Å². The Labute approximate surface area is 55.5 Å². The van der Waals surface area contributed by atoms with Gasteiger partial charge in [-0.2, -0.15) is 0 Å². The molecule has 0 amide bonds. The molecule has 1 fully saturated rings. The van der Waals surface area contributed by atoms with Gasteiger partial charge >= 0.3 is 0 Å². The predicted molar refractivity (Wildman–Crippen MR) is 35.1 cm³/mol. The van der Waals surface area contributed by atoms with E-state index >= 15 is 0 Å². The van der Waals surface area contributed by atoms with Gasteiger partial charge < -0.3 is 10.2 Å². The maximum atomic E-state index is 9.29. The lowest BCUT2D eigenvalue weighted by molar-refractivity contribution is 0.0742. The normalized spacial score (nSPS) is 25.7. The van der Waals surface area contributed by atoms with E-state index in [2.05, 4.69) is 6.92 Å². The smallest absolute Gasteiger partial charge is 0.0615 e. The molecule has 1 atom stereocenters. The average molecular weight is 130 g/mol. The molecule has 1 aliphatic carbocycles. The maximum absolute atomic E-state index is 9.29. The Hall–Kier alpha value is -0.0800.